The van der Waals surface area contributed by atoms with Crippen molar-refractivity contribution in [3.63, 3.8) is 0 Å². The molecule has 0 fully saturated rings. The van der Waals surface area contributed by atoms with E-state index < -0.39 is 4.92 Å². The van der Waals surface area contributed by atoms with Crippen LogP contribution in [0, 0.1) is 17.0 Å². The molecule has 0 aliphatic carbocycles. The lowest BCUT2D eigenvalue weighted by Crippen LogP contribution is -2.34. The summed E-state index contributed by atoms with van der Waals surface area (Å²) < 4.78 is 3.59. The highest BCUT2D eigenvalue weighted by atomic mass is 16.6. The van der Waals surface area contributed by atoms with E-state index in [1.807, 2.05) is 35.2 Å². The van der Waals surface area contributed by atoms with Crippen LogP contribution in [0.2, 0.25) is 0 Å². The van der Waals surface area contributed by atoms with E-state index in [0.717, 1.165) is 0 Å². The lowest BCUT2D eigenvalue weighted by Gasteiger charge is -2.00. The van der Waals surface area contributed by atoms with E-state index in [0.29, 0.717) is 18.9 Å². The monoisotopic (exact) mass is 233 g/mol. The molecule has 2 rings (SSSR count). The first kappa shape index (κ1) is 11.3. The molecule has 0 spiro atoms. The summed E-state index contributed by atoms with van der Waals surface area (Å²) in [6.07, 6.45) is 5.15. The minimum absolute atomic E-state index is 0.0408. The largest absolute Gasteiger partial charge is 0.358 e. The molecule has 0 saturated carbocycles. The van der Waals surface area contributed by atoms with Crippen LogP contribution in [0.4, 0.5) is 5.82 Å². The van der Waals surface area contributed by atoms with Crippen molar-refractivity contribution in [3.05, 3.63) is 52.7 Å². The fraction of sp³-hybridized carbons (Fsp3) is 0.273. The van der Waals surface area contributed by atoms with Crippen molar-refractivity contribution < 1.29 is 9.49 Å². The van der Waals surface area contributed by atoms with Gasteiger partial charge >= 0.3 is 5.82 Å². The highest BCUT2D eigenvalue weighted by molar-refractivity contribution is 5.18. The topological polar surface area (TPSA) is 64.8 Å². The van der Waals surface area contributed by atoms with Gasteiger partial charge in [-0.1, -0.05) is 6.07 Å². The number of aromatic nitrogens is 3. The molecule has 2 heterocycles. The summed E-state index contributed by atoms with van der Waals surface area (Å²) in [6, 6.07) is 5.78. The Balaban J connectivity index is 2.14. The number of nitrogens with zero attached hydrogens (tertiary/aromatic N) is 4. The molecule has 0 atom stereocenters. The second-order valence-electron chi connectivity index (χ2n) is 3.69. The molecule has 0 saturated heterocycles. The second-order valence-corrected chi connectivity index (χ2v) is 3.69. The molecule has 0 unspecified atom stereocenters. The Morgan fingerprint density at radius 2 is 2.12 bits per heavy atom. The fourth-order valence-corrected chi connectivity index (χ4v) is 1.68. The summed E-state index contributed by atoms with van der Waals surface area (Å²) >= 11 is 0. The smallest absolute Gasteiger partial charge is 0.343 e. The lowest BCUT2D eigenvalue weighted by atomic mass is 10.4. The predicted molar refractivity (Wildman–Crippen MR) is 60.3 cm³/mol. The number of aryl methyl sites for hydroxylation is 2. The van der Waals surface area contributed by atoms with Crippen LogP contribution in [0.3, 0.4) is 0 Å². The molecule has 0 aromatic carbocycles. The number of rotatable bonds is 4. The molecule has 88 valence electrons. The molecular weight excluding hydrogens is 220 g/mol. The maximum Gasteiger partial charge on any atom is 0.343 e. The zero-order chi connectivity index (χ0) is 12.3. The number of imidazole rings is 1. The Morgan fingerprint density at radius 3 is 2.76 bits per heavy atom. The highest BCUT2D eigenvalue weighted by Gasteiger charge is 2.18. The quantitative estimate of drug-likeness (QED) is 0.451. The highest BCUT2D eigenvalue weighted by Crippen LogP contribution is 2.12. The Kier molecular flexibility index (Phi) is 3.13. The van der Waals surface area contributed by atoms with Crippen LogP contribution in [-0.4, -0.2) is 14.5 Å². The van der Waals surface area contributed by atoms with Crippen molar-refractivity contribution in [3.8, 4) is 0 Å². The van der Waals surface area contributed by atoms with Crippen LogP contribution in [0.5, 0.6) is 0 Å². The summed E-state index contributed by atoms with van der Waals surface area (Å²) in [5.41, 5.74) is 0. The number of pyridine rings is 1. The average molecular weight is 233 g/mol. The zero-order valence-corrected chi connectivity index (χ0v) is 9.48. The lowest BCUT2D eigenvalue weighted by molar-refractivity contribution is -0.698. The van der Waals surface area contributed by atoms with Crippen LogP contribution >= 0.6 is 0 Å². The minimum Gasteiger partial charge on any atom is -0.358 e. The first-order valence-electron chi connectivity index (χ1n) is 5.29. The van der Waals surface area contributed by atoms with Gasteiger partial charge in [0.05, 0.1) is 0 Å². The summed E-state index contributed by atoms with van der Waals surface area (Å²) in [7, 11) is 0. The van der Waals surface area contributed by atoms with Gasteiger partial charge in [0.1, 0.15) is 6.20 Å². The van der Waals surface area contributed by atoms with E-state index in [2.05, 4.69) is 4.98 Å². The van der Waals surface area contributed by atoms with E-state index in [1.165, 1.54) is 6.20 Å². The molecule has 2 aromatic rings. The molecule has 0 bridgehead atoms. The molecule has 0 amide bonds. The van der Waals surface area contributed by atoms with Gasteiger partial charge in [-0.25, -0.2) is 14.1 Å². The molecule has 0 aliphatic heterocycles. The van der Waals surface area contributed by atoms with Gasteiger partial charge in [-0.3, -0.25) is 0 Å². The Morgan fingerprint density at radius 1 is 1.41 bits per heavy atom. The molecule has 0 N–H and O–H groups in total. The average Bonchev–Trinajstić information content (AvgIpc) is 2.69. The molecule has 0 radical (unpaired) electrons. The van der Waals surface area contributed by atoms with Crippen molar-refractivity contribution in [2.75, 3.05) is 0 Å². The molecule has 17 heavy (non-hydrogen) atoms. The van der Waals surface area contributed by atoms with Gasteiger partial charge in [0, 0.05) is 19.1 Å². The molecular formula is C11H13N4O2+. The molecule has 0 aliphatic rings. The van der Waals surface area contributed by atoms with Gasteiger partial charge in [-0.2, -0.15) is 0 Å². The van der Waals surface area contributed by atoms with Gasteiger partial charge in [-0.15, -0.1) is 0 Å². The summed E-state index contributed by atoms with van der Waals surface area (Å²) in [4.78, 5) is 14.3. The van der Waals surface area contributed by atoms with E-state index in [9.17, 15) is 10.1 Å². The van der Waals surface area contributed by atoms with Crippen molar-refractivity contribution in [2.24, 2.45) is 0 Å². The Bertz CT molecular complexity index is 522. The maximum atomic E-state index is 10.8. The number of hydrogen-bond acceptors (Lipinski definition) is 3. The first-order chi connectivity index (χ1) is 8.18. The predicted octanol–water partition coefficient (Wildman–Crippen LogP) is 1.09. The third-order valence-electron chi connectivity index (χ3n) is 2.58. The van der Waals surface area contributed by atoms with Crippen LogP contribution < -0.4 is 4.57 Å². The third-order valence-corrected chi connectivity index (χ3v) is 2.58. The van der Waals surface area contributed by atoms with Crippen LogP contribution in [0.25, 0.3) is 0 Å². The normalized spacial score (nSPS) is 10.4. The van der Waals surface area contributed by atoms with E-state index in [4.69, 9.17) is 0 Å². The molecule has 6 nitrogen and oxygen atoms in total. The van der Waals surface area contributed by atoms with Gasteiger partial charge in [0.25, 0.3) is 0 Å². The number of hydrogen-bond donors (Lipinski definition) is 0. The second kappa shape index (κ2) is 4.73. The Hall–Kier alpha value is -2.24. The first-order valence-corrected chi connectivity index (χ1v) is 5.29. The zero-order valence-electron chi connectivity index (χ0n) is 9.48. The summed E-state index contributed by atoms with van der Waals surface area (Å²) in [6.45, 7) is 2.98. The third kappa shape index (κ3) is 2.47. The molecule has 6 heteroatoms. The summed E-state index contributed by atoms with van der Waals surface area (Å²) in [5.74, 6) is 0.701. The van der Waals surface area contributed by atoms with E-state index in [1.54, 1.807) is 11.5 Å². The van der Waals surface area contributed by atoms with Gasteiger partial charge in [0.2, 0.25) is 0 Å². The minimum atomic E-state index is -0.407. The van der Waals surface area contributed by atoms with Gasteiger partial charge in [0.15, 0.2) is 31.3 Å². The Labute approximate surface area is 98.3 Å². The number of nitro groups is 1. The van der Waals surface area contributed by atoms with Crippen molar-refractivity contribution >= 4 is 5.82 Å². The van der Waals surface area contributed by atoms with Crippen LogP contribution in [0.15, 0.2) is 36.8 Å². The van der Waals surface area contributed by atoms with E-state index in [-0.39, 0.29) is 5.82 Å². The van der Waals surface area contributed by atoms with Crippen LogP contribution in [0.1, 0.15) is 5.82 Å². The van der Waals surface area contributed by atoms with Crippen molar-refractivity contribution in [2.45, 2.75) is 20.0 Å². The van der Waals surface area contributed by atoms with Crippen molar-refractivity contribution in [1.82, 2.24) is 9.55 Å². The standard InChI is InChI=1S/C11H13N4O2/c1-10-12-9-11(15(16)17)14(10)8-7-13-5-3-2-4-6-13/h2-6,9H,7-8H2,1H3/q+1. The van der Waals surface area contributed by atoms with E-state index >= 15 is 0 Å². The SMILES string of the molecule is Cc1ncc([N+](=O)[O-])n1CC[n+]1ccccc1. The van der Waals surface area contributed by atoms with Crippen molar-refractivity contribution in [1.29, 1.82) is 0 Å². The maximum absolute atomic E-state index is 10.8. The molecule has 2 aromatic heterocycles. The summed E-state index contributed by atoms with van der Waals surface area (Å²) in [5, 5.41) is 10.8. The van der Waals surface area contributed by atoms with Gasteiger partial charge < -0.3 is 10.1 Å². The van der Waals surface area contributed by atoms with Gasteiger partial charge in [-0.05, 0) is 4.92 Å². The van der Waals surface area contributed by atoms with Crippen LogP contribution in [-0.2, 0) is 13.1 Å². The fourth-order valence-electron chi connectivity index (χ4n) is 1.68.